The SMILES string of the molecule is c1ccc(-c2nc(-c3ccc4c(c3)oc3ccc(-n5c6ccccc6c6ccccc65)cc34)nc(-c3cccc4oc5ccccc5c34)n2)cc1. The molecular formula is C45H26N4O2. The predicted molar refractivity (Wildman–Crippen MR) is 205 cm³/mol. The highest BCUT2D eigenvalue weighted by Crippen LogP contribution is 2.39. The molecule has 0 atom stereocenters. The number of fused-ring (bicyclic) bond motifs is 9. The first kappa shape index (κ1) is 27.9. The summed E-state index contributed by atoms with van der Waals surface area (Å²) in [5.74, 6) is 1.74. The molecular weight excluding hydrogens is 629 g/mol. The maximum atomic E-state index is 6.49. The van der Waals surface area contributed by atoms with Crippen molar-refractivity contribution in [3.63, 3.8) is 0 Å². The summed E-state index contributed by atoms with van der Waals surface area (Å²) in [6.07, 6.45) is 0. The molecule has 0 aliphatic carbocycles. The molecule has 7 aromatic carbocycles. The zero-order valence-electron chi connectivity index (χ0n) is 27.1. The van der Waals surface area contributed by atoms with Crippen molar-refractivity contribution < 1.29 is 8.83 Å². The summed E-state index contributed by atoms with van der Waals surface area (Å²) >= 11 is 0. The van der Waals surface area contributed by atoms with Crippen molar-refractivity contribution in [2.75, 3.05) is 0 Å². The molecule has 0 spiro atoms. The third kappa shape index (κ3) is 4.26. The summed E-state index contributed by atoms with van der Waals surface area (Å²) in [5.41, 5.74) is 9.29. The first-order valence-corrected chi connectivity index (χ1v) is 16.9. The van der Waals surface area contributed by atoms with Crippen LogP contribution in [-0.2, 0) is 0 Å². The second-order valence-corrected chi connectivity index (χ2v) is 12.8. The van der Waals surface area contributed by atoms with E-state index in [1.54, 1.807) is 0 Å². The zero-order chi connectivity index (χ0) is 33.5. The highest BCUT2D eigenvalue weighted by molar-refractivity contribution is 6.12. The maximum absolute atomic E-state index is 6.49. The molecule has 0 amide bonds. The minimum atomic E-state index is 0.567. The van der Waals surface area contributed by atoms with Crippen molar-refractivity contribution in [3.8, 4) is 39.9 Å². The first-order valence-electron chi connectivity index (χ1n) is 16.9. The fourth-order valence-corrected chi connectivity index (χ4v) is 7.55. The highest BCUT2D eigenvalue weighted by atomic mass is 16.3. The van der Waals surface area contributed by atoms with Gasteiger partial charge in [-0.15, -0.1) is 0 Å². The van der Waals surface area contributed by atoms with Crippen LogP contribution >= 0.6 is 0 Å². The quantitative estimate of drug-likeness (QED) is 0.189. The van der Waals surface area contributed by atoms with E-state index in [0.717, 1.165) is 66.3 Å². The minimum Gasteiger partial charge on any atom is -0.456 e. The Morgan fingerprint density at radius 1 is 0.373 bits per heavy atom. The van der Waals surface area contributed by atoms with Crippen molar-refractivity contribution in [1.29, 1.82) is 0 Å². The number of hydrogen-bond acceptors (Lipinski definition) is 5. The van der Waals surface area contributed by atoms with Crippen molar-refractivity contribution in [1.82, 2.24) is 19.5 Å². The largest absolute Gasteiger partial charge is 0.456 e. The molecule has 4 aromatic heterocycles. The van der Waals surface area contributed by atoms with E-state index in [0.29, 0.717) is 17.5 Å². The summed E-state index contributed by atoms with van der Waals surface area (Å²) in [4.78, 5) is 15.1. The highest BCUT2D eigenvalue weighted by Gasteiger charge is 2.19. The topological polar surface area (TPSA) is 69.9 Å². The molecule has 0 saturated carbocycles. The lowest BCUT2D eigenvalue weighted by molar-refractivity contribution is 0.668. The summed E-state index contributed by atoms with van der Waals surface area (Å²) in [5, 5.41) is 6.56. The van der Waals surface area contributed by atoms with Gasteiger partial charge in [-0.25, -0.2) is 15.0 Å². The van der Waals surface area contributed by atoms with Crippen molar-refractivity contribution in [2.24, 2.45) is 0 Å². The Kier molecular flexibility index (Phi) is 5.86. The van der Waals surface area contributed by atoms with Gasteiger partial charge in [-0.1, -0.05) is 103 Å². The molecule has 0 aliphatic heterocycles. The molecule has 11 rings (SSSR count). The van der Waals surface area contributed by atoms with Crippen molar-refractivity contribution in [2.45, 2.75) is 0 Å². The van der Waals surface area contributed by atoms with Gasteiger partial charge in [0, 0.05) is 54.7 Å². The van der Waals surface area contributed by atoms with E-state index < -0.39 is 0 Å². The van der Waals surface area contributed by atoms with Crippen LogP contribution in [-0.4, -0.2) is 19.5 Å². The molecule has 4 heterocycles. The van der Waals surface area contributed by atoms with Gasteiger partial charge in [0.15, 0.2) is 17.5 Å². The smallest absolute Gasteiger partial charge is 0.164 e. The lowest BCUT2D eigenvalue weighted by Gasteiger charge is -2.09. The van der Waals surface area contributed by atoms with Gasteiger partial charge in [0.1, 0.15) is 22.3 Å². The van der Waals surface area contributed by atoms with Crippen molar-refractivity contribution >= 4 is 65.7 Å². The Labute approximate surface area is 290 Å². The summed E-state index contributed by atoms with van der Waals surface area (Å²) in [7, 11) is 0. The normalized spacial score (nSPS) is 11.9. The summed E-state index contributed by atoms with van der Waals surface area (Å²) in [6.45, 7) is 0. The van der Waals surface area contributed by atoms with Crippen LogP contribution in [0.15, 0.2) is 167 Å². The number of benzene rings is 7. The molecule has 238 valence electrons. The van der Waals surface area contributed by atoms with E-state index in [9.17, 15) is 0 Å². The monoisotopic (exact) mass is 654 g/mol. The Balaban J connectivity index is 1.09. The standard InChI is InChI=1S/C45H26N4O2/c1-2-11-27(12-3-1)43-46-44(48-45(47-43)34-16-10-20-40-42(34)33-15-6-9-19-38(33)50-40)28-21-23-32-35-26-29(22-24-39(35)51-41(32)25-28)49-36-17-7-4-13-30(36)31-14-5-8-18-37(31)49/h1-26H. The van der Waals surface area contributed by atoms with Crippen molar-refractivity contribution in [3.05, 3.63) is 158 Å². The number of nitrogens with zero attached hydrogens (tertiary/aromatic N) is 4. The van der Waals surface area contributed by atoms with Gasteiger partial charge in [-0.05, 0) is 54.6 Å². The maximum Gasteiger partial charge on any atom is 0.164 e. The van der Waals surface area contributed by atoms with Gasteiger partial charge in [0.25, 0.3) is 0 Å². The molecule has 0 unspecified atom stereocenters. The van der Waals surface area contributed by atoms with Gasteiger partial charge in [0.2, 0.25) is 0 Å². The molecule has 6 nitrogen and oxygen atoms in total. The Morgan fingerprint density at radius 3 is 1.80 bits per heavy atom. The summed E-state index contributed by atoms with van der Waals surface area (Å²) in [6, 6.07) is 53.9. The van der Waals surface area contributed by atoms with Crippen LogP contribution in [0.4, 0.5) is 0 Å². The van der Waals surface area contributed by atoms with E-state index in [1.165, 1.54) is 21.8 Å². The van der Waals surface area contributed by atoms with Gasteiger partial charge in [-0.3, -0.25) is 0 Å². The third-order valence-electron chi connectivity index (χ3n) is 9.86. The van der Waals surface area contributed by atoms with Crippen LogP contribution in [0.1, 0.15) is 0 Å². The van der Waals surface area contributed by atoms with Crippen LogP contribution in [0, 0.1) is 0 Å². The molecule has 51 heavy (non-hydrogen) atoms. The number of rotatable bonds is 4. The Hall–Kier alpha value is -7.05. The number of aromatic nitrogens is 4. The molecule has 0 aliphatic rings. The third-order valence-corrected chi connectivity index (χ3v) is 9.86. The van der Waals surface area contributed by atoms with Gasteiger partial charge in [0.05, 0.1) is 11.0 Å². The molecule has 6 heteroatoms. The lowest BCUT2D eigenvalue weighted by Crippen LogP contribution is -2.00. The molecule has 0 radical (unpaired) electrons. The van der Waals surface area contributed by atoms with Crippen LogP contribution in [0.2, 0.25) is 0 Å². The number of hydrogen-bond donors (Lipinski definition) is 0. The number of furan rings is 2. The first-order chi connectivity index (χ1) is 25.3. The van der Waals surface area contributed by atoms with Crippen LogP contribution < -0.4 is 0 Å². The zero-order valence-corrected chi connectivity index (χ0v) is 27.1. The van der Waals surface area contributed by atoms with E-state index in [4.69, 9.17) is 23.8 Å². The molecule has 0 fully saturated rings. The minimum absolute atomic E-state index is 0.567. The second kappa shape index (κ2) is 10.7. The molecule has 0 saturated heterocycles. The molecule has 0 bridgehead atoms. The van der Waals surface area contributed by atoms with Gasteiger partial charge in [-0.2, -0.15) is 0 Å². The average Bonchev–Trinajstić information content (AvgIpc) is 3.87. The summed E-state index contributed by atoms with van der Waals surface area (Å²) < 4.78 is 15.0. The predicted octanol–water partition coefficient (Wildman–Crippen LogP) is 11.8. The fraction of sp³-hybridized carbons (Fsp3) is 0. The fourth-order valence-electron chi connectivity index (χ4n) is 7.55. The Bertz CT molecular complexity index is 3100. The molecule has 11 aromatic rings. The van der Waals surface area contributed by atoms with E-state index >= 15 is 0 Å². The van der Waals surface area contributed by atoms with E-state index in [2.05, 4.69) is 95.6 Å². The van der Waals surface area contributed by atoms with Crippen LogP contribution in [0.5, 0.6) is 0 Å². The van der Waals surface area contributed by atoms with Gasteiger partial charge >= 0.3 is 0 Å². The van der Waals surface area contributed by atoms with Crippen LogP contribution in [0.25, 0.3) is 106 Å². The van der Waals surface area contributed by atoms with E-state index in [-0.39, 0.29) is 0 Å². The Morgan fingerprint density at radius 2 is 1.00 bits per heavy atom. The number of para-hydroxylation sites is 3. The second-order valence-electron chi connectivity index (χ2n) is 12.8. The van der Waals surface area contributed by atoms with E-state index in [1.807, 2.05) is 66.7 Å². The van der Waals surface area contributed by atoms with Gasteiger partial charge < -0.3 is 13.4 Å². The van der Waals surface area contributed by atoms with Crippen LogP contribution in [0.3, 0.4) is 0 Å². The lowest BCUT2D eigenvalue weighted by atomic mass is 10.1. The average molecular weight is 655 g/mol. The molecule has 0 N–H and O–H groups in total.